The molecule has 1 nitrogen and oxygen atoms in total. The van der Waals surface area contributed by atoms with Gasteiger partial charge in [-0.3, -0.25) is 0 Å². The summed E-state index contributed by atoms with van der Waals surface area (Å²) in [4.78, 5) is 8.91. The summed E-state index contributed by atoms with van der Waals surface area (Å²) in [6.07, 6.45) is -11.2. The highest BCUT2D eigenvalue weighted by molar-refractivity contribution is 6.50. The quantitative estimate of drug-likeness (QED) is 0.591. The Morgan fingerprint density at radius 2 is 1.07 bits per heavy atom. The van der Waals surface area contributed by atoms with Crippen molar-refractivity contribution in [3.63, 3.8) is 0 Å². The van der Waals surface area contributed by atoms with E-state index < -0.39 is 46.3 Å². The first-order chi connectivity index (χ1) is 6.10. The van der Waals surface area contributed by atoms with Gasteiger partial charge in [-0.2, -0.15) is 26.3 Å². The van der Waals surface area contributed by atoms with Crippen molar-refractivity contribution < 1.29 is 31.1 Å². The molecule has 0 rings (SSSR count). The molecular formula is C6H10F6OSi. The average molecular weight is 240 g/mol. The van der Waals surface area contributed by atoms with Crippen molar-refractivity contribution >= 4 is 9.04 Å². The van der Waals surface area contributed by atoms with Crippen LogP contribution in [-0.4, -0.2) is 26.2 Å². The number of halogens is 6. The van der Waals surface area contributed by atoms with E-state index in [1.165, 1.54) is 0 Å². The van der Waals surface area contributed by atoms with Gasteiger partial charge >= 0.3 is 12.4 Å². The summed E-state index contributed by atoms with van der Waals surface area (Å²) < 4.78 is 69.5. The van der Waals surface area contributed by atoms with E-state index in [0.717, 1.165) is 0 Å². The molecule has 0 atom stereocenters. The Labute approximate surface area is 78.5 Å². The molecule has 0 radical (unpaired) electrons. The van der Waals surface area contributed by atoms with Crippen molar-refractivity contribution in [2.45, 2.75) is 37.3 Å². The Morgan fingerprint density at radius 1 is 0.786 bits per heavy atom. The van der Waals surface area contributed by atoms with Crippen LogP contribution in [0.1, 0.15) is 12.8 Å². The minimum atomic E-state index is -4.40. The van der Waals surface area contributed by atoms with E-state index >= 15 is 0 Å². The van der Waals surface area contributed by atoms with E-state index in [4.69, 9.17) is 4.80 Å². The summed E-state index contributed by atoms with van der Waals surface area (Å²) >= 11 is 0. The van der Waals surface area contributed by atoms with Gasteiger partial charge in [-0.15, -0.1) is 0 Å². The maximum atomic E-state index is 11.6. The monoisotopic (exact) mass is 240 g/mol. The highest BCUT2D eigenvalue weighted by Crippen LogP contribution is 2.26. The average Bonchev–Trinajstić information content (AvgIpc) is 1.94. The fourth-order valence-corrected chi connectivity index (χ4v) is 2.41. The maximum absolute atomic E-state index is 11.6. The zero-order chi connectivity index (χ0) is 11.4. The van der Waals surface area contributed by atoms with Gasteiger partial charge in [-0.1, -0.05) is 0 Å². The summed E-state index contributed by atoms with van der Waals surface area (Å²) in [7, 11) is -2.84. The first-order valence-corrected chi connectivity index (χ1v) is 6.07. The molecule has 86 valence electrons. The minimum Gasteiger partial charge on any atom is -0.435 e. The lowest BCUT2D eigenvalue weighted by molar-refractivity contribution is -0.131. The fraction of sp³-hybridized carbons (Fsp3) is 1.00. The van der Waals surface area contributed by atoms with Crippen molar-refractivity contribution in [1.82, 2.24) is 0 Å². The topological polar surface area (TPSA) is 20.2 Å². The number of alkyl halides is 6. The standard InChI is InChI=1S/C6H10F6OSi/c7-5(8,9)1-3-14(13)4-2-6(10,11)12/h13-14H,1-4H2. The van der Waals surface area contributed by atoms with Crippen LogP contribution in [0.3, 0.4) is 0 Å². The van der Waals surface area contributed by atoms with Crippen LogP contribution in [0, 0.1) is 0 Å². The van der Waals surface area contributed by atoms with Crippen molar-refractivity contribution in [1.29, 1.82) is 0 Å². The molecule has 0 saturated heterocycles. The Kier molecular flexibility index (Phi) is 4.92. The fourth-order valence-electron chi connectivity index (χ4n) is 0.805. The van der Waals surface area contributed by atoms with Gasteiger partial charge in [0.25, 0.3) is 0 Å². The molecule has 14 heavy (non-hydrogen) atoms. The normalized spacial score (nSPS) is 13.7. The third-order valence-electron chi connectivity index (χ3n) is 1.52. The molecule has 0 aromatic carbocycles. The van der Waals surface area contributed by atoms with E-state index in [2.05, 4.69) is 0 Å². The number of rotatable bonds is 4. The predicted molar refractivity (Wildman–Crippen MR) is 40.3 cm³/mol. The molecule has 1 N–H and O–H groups in total. The molecule has 0 aromatic rings. The van der Waals surface area contributed by atoms with Crippen molar-refractivity contribution in [3.8, 4) is 0 Å². The molecule has 0 aromatic heterocycles. The first-order valence-electron chi connectivity index (χ1n) is 3.92. The summed E-state index contributed by atoms with van der Waals surface area (Å²) in [5.74, 6) is 0. The van der Waals surface area contributed by atoms with Gasteiger partial charge in [0.2, 0.25) is 0 Å². The van der Waals surface area contributed by atoms with Gasteiger partial charge in [-0.05, 0) is 12.1 Å². The van der Waals surface area contributed by atoms with E-state index in [1.807, 2.05) is 0 Å². The largest absolute Gasteiger partial charge is 0.435 e. The van der Waals surface area contributed by atoms with Crippen LogP contribution in [0.2, 0.25) is 12.1 Å². The summed E-state index contributed by atoms with van der Waals surface area (Å²) in [6, 6.07) is -1.08. The Morgan fingerprint density at radius 3 is 1.29 bits per heavy atom. The first kappa shape index (κ1) is 13.8. The third kappa shape index (κ3) is 9.84. The second kappa shape index (κ2) is 5.01. The molecule has 0 heterocycles. The van der Waals surface area contributed by atoms with Gasteiger partial charge < -0.3 is 4.80 Å². The molecular weight excluding hydrogens is 230 g/mol. The summed E-state index contributed by atoms with van der Waals surface area (Å²) in [6.45, 7) is 0. The molecule has 0 aliphatic rings. The lowest BCUT2D eigenvalue weighted by atomic mass is 10.5. The lowest BCUT2D eigenvalue weighted by Crippen LogP contribution is -2.20. The lowest BCUT2D eigenvalue weighted by Gasteiger charge is -2.11. The second-order valence-electron chi connectivity index (χ2n) is 2.96. The van der Waals surface area contributed by atoms with E-state index in [0.29, 0.717) is 0 Å². The summed E-state index contributed by atoms with van der Waals surface area (Å²) in [5.41, 5.74) is 0. The molecule has 0 aliphatic carbocycles. The van der Waals surface area contributed by atoms with Gasteiger partial charge in [0.1, 0.15) is 0 Å². The zero-order valence-corrected chi connectivity index (χ0v) is 8.28. The molecule has 0 aliphatic heterocycles. The predicted octanol–water partition coefficient (Wildman–Crippen LogP) is 2.61. The number of hydrogen-bond donors (Lipinski definition) is 1. The van der Waals surface area contributed by atoms with Gasteiger partial charge in [0.15, 0.2) is 9.04 Å². The maximum Gasteiger partial charge on any atom is 0.388 e. The molecule has 0 amide bonds. The second-order valence-corrected chi connectivity index (χ2v) is 5.42. The molecule has 0 spiro atoms. The van der Waals surface area contributed by atoms with Gasteiger partial charge in [-0.25, -0.2) is 0 Å². The smallest absolute Gasteiger partial charge is 0.388 e. The van der Waals surface area contributed by atoms with Crippen LogP contribution < -0.4 is 0 Å². The van der Waals surface area contributed by atoms with Crippen LogP contribution in [0.25, 0.3) is 0 Å². The SMILES string of the molecule is O[SiH](CCC(F)(F)F)CCC(F)(F)F. The molecule has 0 unspecified atom stereocenters. The Balaban J connectivity index is 3.62. The Hall–Kier alpha value is -0.243. The number of hydrogen-bond acceptors (Lipinski definition) is 1. The van der Waals surface area contributed by atoms with Crippen LogP contribution >= 0.6 is 0 Å². The third-order valence-corrected chi connectivity index (χ3v) is 3.43. The van der Waals surface area contributed by atoms with Crippen molar-refractivity contribution in [3.05, 3.63) is 0 Å². The van der Waals surface area contributed by atoms with Gasteiger partial charge in [0, 0.05) is 12.8 Å². The summed E-state index contributed by atoms with van der Waals surface area (Å²) in [5, 5.41) is 0. The molecule has 8 heteroatoms. The highest BCUT2D eigenvalue weighted by atomic mass is 28.3. The molecule has 0 fully saturated rings. The van der Waals surface area contributed by atoms with Crippen LogP contribution in [0.5, 0.6) is 0 Å². The minimum absolute atomic E-state index is 0.542. The van der Waals surface area contributed by atoms with Crippen LogP contribution in [-0.2, 0) is 0 Å². The van der Waals surface area contributed by atoms with E-state index in [9.17, 15) is 26.3 Å². The van der Waals surface area contributed by atoms with Gasteiger partial charge in [0.05, 0.1) is 0 Å². The van der Waals surface area contributed by atoms with Crippen LogP contribution in [0.4, 0.5) is 26.3 Å². The van der Waals surface area contributed by atoms with E-state index in [1.54, 1.807) is 0 Å². The zero-order valence-electron chi connectivity index (χ0n) is 7.12. The van der Waals surface area contributed by atoms with Crippen molar-refractivity contribution in [2.75, 3.05) is 0 Å². The molecule has 0 saturated carbocycles. The van der Waals surface area contributed by atoms with Crippen LogP contribution in [0.15, 0.2) is 0 Å². The van der Waals surface area contributed by atoms with Crippen molar-refractivity contribution in [2.24, 2.45) is 0 Å². The van der Waals surface area contributed by atoms with E-state index in [-0.39, 0.29) is 0 Å². The Bertz CT molecular complexity index is 147. The molecule has 0 bridgehead atoms. The highest BCUT2D eigenvalue weighted by Gasteiger charge is 2.31.